The fourth-order valence-corrected chi connectivity index (χ4v) is 2.50. The lowest BCUT2D eigenvalue weighted by molar-refractivity contribution is 1.40. The Morgan fingerprint density at radius 3 is 2.42 bits per heavy atom. The standard InChI is InChI=1S/C15H10Cl2N2/c16-11-6-2-1-5-10(11)15-13(18)8-9-4-3-7-12(17)14(9)19-15/h1-8H,18H2. The lowest BCUT2D eigenvalue weighted by Crippen LogP contribution is -1.95. The Labute approximate surface area is 120 Å². The van der Waals surface area contributed by atoms with Crippen LogP contribution >= 0.6 is 23.2 Å². The van der Waals surface area contributed by atoms with Gasteiger partial charge in [0.1, 0.15) is 0 Å². The molecule has 0 saturated heterocycles. The molecule has 0 aliphatic carbocycles. The number of fused-ring (bicyclic) bond motifs is 1. The zero-order valence-corrected chi connectivity index (χ0v) is 11.4. The van der Waals surface area contributed by atoms with Gasteiger partial charge >= 0.3 is 0 Å². The molecular formula is C15H10Cl2N2. The number of aromatic nitrogens is 1. The summed E-state index contributed by atoms with van der Waals surface area (Å²) >= 11 is 12.4. The number of nitrogens with two attached hydrogens (primary N) is 1. The monoisotopic (exact) mass is 288 g/mol. The van der Waals surface area contributed by atoms with Crippen LogP contribution in [0.25, 0.3) is 22.2 Å². The van der Waals surface area contributed by atoms with Crippen LogP contribution < -0.4 is 5.73 Å². The van der Waals surface area contributed by atoms with Crippen molar-refractivity contribution in [1.29, 1.82) is 0 Å². The fraction of sp³-hybridized carbons (Fsp3) is 0. The Morgan fingerprint density at radius 1 is 0.895 bits per heavy atom. The molecule has 94 valence electrons. The highest BCUT2D eigenvalue weighted by atomic mass is 35.5. The van der Waals surface area contributed by atoms with Crippen LogP contribution in [0.2, 0.25) is 10.0 Å². The van der Waals surface area contributed by atoms with Gasteiger partial charge in [-0.15, -0.1) is 0 Å². The largest absolute Gasteiger partial charge is 0.397 e. The SMILES string of the molecule is Nc1cc2cccc(Cl)c2nc1-c1ccccc1Cl. The van der Waals surface area contributed by atoms with E-state index in [0.717, 1.165) is 16.5 Å². The number of para-hydroxylation sites is 1. The van der Waals surface area contributed by atoms with Crippen molar-refractivity contribution < 1.29 is 0 Å². The van der Waals surface area contributed by atoms with E-state index in [1.807, 2.05) is 48.5 Å². The molecule has 0 aliphatic rings. The molecule has 0 amide bonds. The molecule has 0 fully saturated rings. The number of hydrogen-bond donors (Lipinski definition) is 1. The quantitative estimate of drug-likeness (QED) is 0.699. The summed E-state index contributed by atoms with van der Waals surface area (Å²) < 4.78 is 0. The molecule has 0 bridgehead atoms. The number of anilines is 1. The van der Waals surface area contributed by atoms with Crippen molar-refractivity contribution in [2.45, 2.75) is 0 Å². The lowest BCUT2D eigenvalue weighted by Gasteiger charge is -2.09. The molecule has 4 heteroatoms. The van der Waals surface area contributed by atoms with E-state index in [1.165, 1.54) is 0 Å². The zero-order valence-electron chi connectivity index (χ0n) is 9.90. The topological polar surface area (TPSA) is 38.9 Å². The van der Waals surface area contributed by atoms with Gasteiger partial charge in [-0.2, -0.15) is 0 Å². The van der Waals surface area contributed by atoms with Gasteiger partial charge < -0.3 is 5.73 Å². The third-order valence-corrected chi connectivity index (χ3v) is 3.59. The molecule has 0 saturated carbocycles. The van der Waals surface area contributed by atoms with Crippen molar-refractivity contribution in [3.63, 3.8) is 0 Å². The van der Waals surface area contributed by atoms with Crippen LogP contribution in [0, 0.1) is 0 Å². The Bertz CT molecular complexity index is 769. The molecule has 1 heterocycles. The maximum Gasteiger partial charge on any atom is 0.0954 e. The summed E-state index contributed by atoms with van der Waals surface area (Å²) in [6.07, 6.45) is 0. The first-order valence-corrected chi connectivity index (χ1v) is 6.52. The fourth-order valence-electron chi connectivity index (χ4n) is 2.05. The van der Waals surface area contributed by atoms with Crippen molar-refractivity contribution in [1.82, 2.24) is 4.98 Å². The second-order valence-corrected chi connectivity index (χ2v) is 5.03. The number of nitrogen functional groups attached to an aromatic ring is 1. The molecule has 0 aliphatic heterocycles. The first kappa shape index (κ1) is 12.3. The van der Waals surface area contributed by atoms with Crippen LogP contribution in [0.4, 0.5) is 5.69 Å². The third-order valence-electron chi connectivity index (χ3n) is 2.96. The average molecular weight is 289 g/mol. The number of halogens is 2. The third kappa shape index (κ3) is 2.14. The van der Waals surface area contributed by atoms with Crippen LogP contribution in [0.15, 0.2) is 48.5 Å². The molecule has 2 nitrogen and oxygen atoms in total. The summed E-state index contributed by atoms with van der Waals surface area (Å²) in [5, 5.41) is 2.14. The Balaban J connectivity index is 2.33. The van der Waals surface area contributed by atoms with Crippen molar-refractivity contribution in [3.05, 3.63) is 58.6 Å². The van der Waals surface area contributed by atoms with E-state index >= 15 is 0 Å². The van der Waals surface area contributed by atoms with Crippen LogP contribution in [0.5, 0.6) is 0 Å². The lowest BCUT2D eigenvalue weighted by atomic mass is 10.1. The first-order chi connectivity index (χ1) is 9.16. The highest BCUT2D eigenvalue weighted by molar-refractivity contribution is 6.35. The minimum absolute atomic E-state index is 0.586. The number of rotatable bonds is 1. The summed E-state index contributed by atoms with van der Waals surface area (Å²) in [7, 11) is 0. The smallest absolute Gasteiger partial charge is 0.0954 e. The number of hydrogen-bond acceptors (Lipinski definition) is 2. The van der Waals surface area contributed by atoms with Crippen LogP contribution in [0.1, 0.15) is 0 Å². The molecule has 0 spiro atoms. The molecule has 0 unspecified atom stereocenters. The van der Waals surface area contributed by atoms with Crippen molar-refractivity contribution in [2.75, 3.05) is 5.73 Å². The summed E-state index contributed by atoms with van der Waals surface area (Å²) in [4.78, 5) is 4.56. The van der Waals surface area contributed by atoms with Crippen molar-refractivity contribution >= 4 is 39.8 Å². The Morgan fingerprint density at radius 2 is 1.63 bits per heavy atom. The van der Waals surface area contributed by atoms with Crippen molar-refractivity contribution in [3.8, 4) is 11.3 Å². The summed E-state index contributed by atoms with van der Waals surface area (Å²) in [5.74, 6) is 0. The van der Waals surface area contributed by atoms with E-state index in [0.29, 0.717) is 21.4 Å². The highest BCUT2D eigenvalue weighted by Gasteiger charge is 2.11. The normalized spacial score (nSPS) is 10.8. The average Bonchev–Trinajstić information content (AvgIpc) is 2.39. The van der Waals surface area contributed by atoms with Crippen molar-refractivity contribution in [2.24, 2.45) is 0 Å². The predicted molar refractivity (Wildman–Crippen MR) is 81.6 cm³/mol. The highest BCUT2D eigenvalue weighted by Crippen LogP contribution is 2.33. The second kappa shape index (κ2) is 4.72. The van der Waals surface area contributed by atoms with Gasteiger partial charge in [0.2, 0.25) is 0 Å². The molecule has 0 radical (unpaired) electrons. The molecule has 19 heavy (non-hydrogen) atoms. The minimum atomic E-state index is 0.586. The number of pyridine rings is 1. The van der Waals surface area contributed by atoms with Gasteiger partial charge in [-0.3, -0.25) is 0 Å². The maximum absolute atomic E-state index is 6.19. The van der Waals surface area contributed by atoms with E-state index in [2.05, 4.69) is 4.98 Å². The van der Waals surface area contributed by atoms with Gasteiger partial charge in [-0.1, -0.05) is 53.5 Å². The van der Waals surface area contributed by atoms with Gasteiger partial charge in [-0.25, -0.2) is 4.98 Å². The molecule has 0 atom stereocenters. The minimum Gasteiger partial charge on any atom is -0.397 e. The Kier molecular flexibility index (Phi) is 3.05. The zero-order chi connectivity index (χ0) is 13.4. The number of benzene rings is 2. The van der Waals surface area contributed by atoms with Crippen LogP contribution in [-0.4, -0.2) is 4.98 Å². The Hall–Kier alpha value is -1.77. The molecule has 2 aromatic carbocycles. The van der Waals surface area contributed by atoms with Crippen LogP contribution in [-0.2, 0) is 0 Å². The van der Waals surface area contributed by atoms with E-state index < -0.39 is 0 Å². The summed E-state index contributed by atoms with van der Waals surface area (Å²) in [6.45, 7) is 0. The molecular weight excluding hydrogens is 279 g/mol. The summed E-state index contributed by atoms with van der Waals surface area (Å²) in [6, 6.07) is 15.0. The first-order valence-electron chi connectivity index (χ1n) is 5.76. The maximum atomic E-state index is 6.19. The van der Waals surface area contributed by atoms with E-state index in [1.54, 1.807) is 0 Å². The van der Waals surface area contributed by atoms with Gasteiger partial charge in [0, 0.05) is 10.9 Å². The number of nitrogens with zero attached hydrogens (tertiary/aromatic N) is 1. The van der Waals surface area contributed by atoms with E-state index in [-0.39, 0.29) is 0 Å². The van der Waals surface area contributed by atoms with E-state index in [4.69, 9.17) is 28.9 Å². The second-order valence-electron chi connectivity index (χ2n) is 4.22. The van der Waals surface area contributed by atoms with E-state index in [9.17, 15) is 0 Å². The molecule has 1 aromatic heterocycles. The molecule has 3 rings (SSSR count). The van der Waals surface area contributed by atoms with Gasteiger partial charge in [0.05, 0.1) is 26.9 Å². The predicted octanol–water partition coefficient (Wildman–Crippen LogP) is 4.79. The molecule has 2 N–H and O–H groups in total. The molecule has 3 aromatic rings. The summed E-state index contributed by atoms with van der Waals surface area (Å²) in [5.41, 5.74) is 8.86. The van der Waals surface area contributed by atoms with Crippen LogP contribution in [0.3, 0.4) is 0 Å². The van der Waals surface area contributed by atoms with Gasteiger partial charge in [-0.05, 0) is 18.2 Å². The van der Waals surface area contributed by atoms with Gasteiger partial charge in [0.15, 0.2) is 0 Å². The van der Waals surface area contributed by atoms with Gasteiger partial charge in [0.25, 0.3) is 0 Å².